The molecule has 0 bridgehead atoms. The zero-order valence-electron chi connectivity index (χ0n) is 8.35. The van der Waals surface area contributed by atoms with Gasteiger partial charge in [-0.05, 0) is 26.8 Å². The standard InChI is InChI=1S/C9H18N2O2/c1-8(12)5-3-4-6-9(13)11-7-10-2/h10H,3-7H2,1-2H3,(H,11,13). The third-order valence-corrected chi connectivity index (χ3v) is 1.65. The van der Waals surface area contributed by atoms with Crippen molar-refractivity contribution in [3.63, 3.8) is 0 Å². The Morgan fingerprint density at radius 2 is 1.77 bits per heavy atom. The largest absolute Gasteiger partial charge is 0.344 e. The number of carbonyl (C=O) groups excluding carboxylic acids is 2. The van der Waals surface area contributed by atoms with Crippen molar-refractivity contribution in [2.75, 3.05) is 13.7 Å². The molecule has 0 aromatic rings. The molecule has 0 atom stereocenters. The zero-order chi connectivity index (χ0) is 10.1. The molecule has 0 saturated heterocycles. The number of hydrogen-bond donors (Lipinski definition) is 2. The zero-order valence-corrected chi connectivity index (χ0v) is 8.35. The number of carbonyl (C=O) groups is 2. The minimum Gasteiger partial charge on any atom is -0.344 e. The third-order valence-electron chi connectivity index (χ3n) is 1.65. The van der Waals surface area contributed by atoms with Gasteiger partial charge in [0.05, 0.1) is 6.67 Å². The molecule has 0 rings (SSSR count). The molecule has 0 radical (unpaired) electrons. The van der Waals surface area contributed by atoms with Crippen molar-refractivity contribution in [3.8, 4) is 0 Å². The number of rotatable bonds is 7. The SMILES string of the molecule is CNCNC(=O)CCCCC(C)=O. The molecule has 13 heavy (non-hydrogen) atoms. The number of amides is 1. The summed E-state index contributed by atoms with van der Waals surface area (Å²) in [5.74, 6) is 0.230. The molecule has 0 fully saturated rings. The number of unbranched alkanes of at least 4 members (excludes halogenated alkanes) is 1. The van der Waals surface area contributed by atoms with Crippen molar-refractivity contribution in [1.82, 2.24) is 10.6 Å². The minimum atomic E-state index is 0.0397. The fraction of sp³-hybridized carbons (Fsp3) is 0.778. The van der Waals surface area contributed by atoms with Crippen LogP contribution in [0.3, 0.4) is 0 Å². The first-order valence-corrected chi connectivity index (χ1v) is 4.57. The maximum atomic E-state index is 11.0. The van der Waals surface area contributed by atoms with E-state index in [4.69, 9.17) is 0 Å². The molecule has 0 aromatic heterocycles. The lowest BCUT2D eigenvalue weighted by molar-refractivity contribution is -0.121. The lowest BCUT2D eigenvalue weighted by atomic mass is 10.1. The van der Waals surface area contributed by atoms with Gasteiger partial charge < -0.3 is 15.4 Å². The highest BCUT2D eigenvalue weighted by molar-refractivity contribution is 5.76. The van der Waals surface area contributed by atoms with Gasteiger partial charge in [-0.25, -0.2) is 0 Å². The Balaban J connectivity index is 3.22. The normalized spacial score (nSPS) is 9.69. The Bertz CT molecular complexity index is 169. The van der Waals surface area contributed by atoms with Crippen LogP contribution >= 0.6 is 0 Å². The van der Waals surface area contributed by atoms with Crippen LogP contribution in [0.5, 0.6) is 0 Å². The van der Waals surface area contributed by atoms with Gasteiger partial charge in [-0.2, -0.15) is 0 Å². The summed E-state index contributed by atoms with van der Waals surface area (Å²) in [5.41, 5.74) is 0. The van der Waals surface area contributed by atoms with E-state index >= 15 is 0 Å². The Morgan fingerprint density at radius 3 is 2.31 bits per heavy atom. The molecule has 0 aliphatic rings. The molecule has 2 N–H and O–H groups in total. The summed E-state index contributed by atoms with van der Waals surface area (Å²) in [7, 11) is 1.77. The Morgan fingerprint density at radius 1 is 1.15 bits per heavy atom. The van der Waals surface area contributed by atoms with E-state index in [9.17, 15) is 9.59 Å². The van der Waals surface area contributed by atoms with E-state index in [0.29, 0.717) is 19.5 Å². The van der Waals surface area contributed by atoms with Crippen LogP contribution in [-0.4, -0.2) is 25.4 Å². The second-order valence-electron chi connectivity index (χ2n) is 3.04. The van der Waals surface area contributed by atoms with Crippen molar-refractivity contribution < 1.29 is 9.59 Å². The summed E-state index contributed by atoms with van der Waals surface area (Å²) in [4.78, 5) is 21.6. The molecular weight excluding hydrogens is 168 g/mol. The highest BCUT2D eigenvalue weighted by Gasteiger charge is 1.99. The van der Waals surface area contributed by atoms with E-state index in [1.807, 2.05) is 0 Å². The maximum absolute atomic E-state index is 11.0. The van der Waals surface area contributed by atoms with Gasteiger partial charge in [-0.3, -0.25) is 4.79 Å². The highest BCUT2D eigenvalue weighted by Crippen LogP contribution is 1.99. The molecule has 0 heterocycles. The van der Waals surface area contributed by atoms with Crippen LogP contribution in [-0.2, 0) is 9.59 Å². The first-order chi connectivity index (χ1) is 6.16. The summed E-state index contributed by atoms with van der Waals surface area (Å²) >= 11 is 0. The van der Waals surface area contributed by atoms with Gasteiger partial charge in [-0.15, -0.1) is 0 Å². The van der Waals surface area contributed by atoms with E-state index in [1.165, 1.54) is 0 Å². The molecule has 0 unspecified atom stereocenters. The van der Waals surface area contributed by atoms with Crippen LogP contribution in [0.15, 0.2) is 0 Å². The summed E-state index contributed by atoms with van der Waals surface area (Å²) in [5, 5.41) is 5.51. The van der Waals surface area contributed by atoms with E-state index in [1.54, 1.807) is 14.0 Å². The van der Waals surface area contributed by atoms with Crippen LogP contribution in [0, 0.1) is 0 Å². The van der Waals surface area contributed by atoms with Crippen LogP contribution in [0.25, 0.3) is 0 Å². The molecule has 0 aliphatic heterocycles. The lowest BCUT2D eigenvalue weighted by Gasteiger charge is -2.02. The smallest absolute Gasteiger partial charge is 0.220 e. The fourth-order valence-corrected chi connectivity index (χ4v) is 0.935. The van der Waals surface area contributed by atoms with Gasteiger partial charge in [0.25, 0.3) is 0 Å². The van der Waals surface area contributed by atoms with Gasteiger partial charge >= 0.3 is 0 Å². The summed E-state index contributed by atoms with van der Waals surface area (Å²) in [6.07, 6.45) is 2.69. The van der Waals surface area contributed by atoms with Gasteiger partial charge in [0.15, 0.2) is 0 Å². The van der Waals surface area contributed by atoms with Gasteiger partial charge in [0.1, 0.15) is 5.78 Å². The monoisotopic (exact) mass is 186 g/mol. The highest BCUT2D eigenvalue weighted by atomic mass is 16.1. The summed E-state index contributed by atoms with van der Waals surface area (Å²) < 4.78 is 0. The number of nitrogens with one attached hydrogen (secondary N) is 2. The molecule has 0 aliphatic carbocycles. The summed E-state index contributed by atoms with van der Waals surface area (Å²) in [6, 6.07) is 0. The predicted molar refractivity (Wildman–Crippen MR) is 51.2 cm³/mol. The van der Waals surface area contributed by atoms with Crippen molar-refractivity contribution in [2.24, 2.45) is 0 Å². The van der Waals surface area contributed by atoms with E-state index < -0.39 is 0 Å². The molecule has 0 saturated carbocycles. The van der Waals surface area contributed by atoms with Crippen molar-refractivity contribution in [2.45, 2.75) is 32.6 Å². The Labute approximate surface area is 79.1 Å². The average Bonchev–Trinajstić information content (AvgIpc) is 2.08. The van der Waals surface area contributed by atoms with Crippen LogP contribution in [0.2, 0.25) is 0 Å². The second kappa shape index (κ2) is 7.73. The van der Waals surface area contributed by atoms with Gasteiger partial charge in [0.2, 0.25) is 5.91 Å². The van der Waals surface area contributed by atoms with Crippen molar-refractivity contribution in [1.29, 1.82) is 0 Å². The molecule has 1 amide bonds. The Hall–Kier alpha value is -0.900. The topological polar surface area (TPSA) is 58.2 Å². The predicted octanol–water partition coefficient (Wildman–Crippen LogP) is 0.429. The van der Waals surface area contributed by atoms with Crippen molar-refractivity contribution >= 4 is 11.7 Å². The van der Waals surface area contributed by atoms with E-state index in [0.717, 1.165) is 12.8 Å². The lowest BCUT2D eigenvalue weighted by Crippen LogP contribution is -2.31. The van der Waals surface area contributed by atoms with E-state index in [2.05, 4.69) is 10.6 Å². The molecule has 76 valence electrons. The quantitative estimate of drug-likeness (QED) is 0.448. The second-order valence-corrected chi connectivity index (χ2v) is 3.04. The van der Waals surface area contributed by atoms with Crippen LogP contribution in [0.1, 0.15) is 32.6 Å². The molecule has 4 nitrogen and oxygen atoms in total. The van der Waals surface area contributed by atoms with Gasteiger partial charge in [-0.1, -0.05) is 0 Å². The van der Waals surface area contributed by atoms with Crippen LogP contribution in [0.4, 0.5) is 0 Å². The van der Waals surface area contributed by atoms with Gasteiger partial charge in [0, 0.05) is 12.8 Å². The van der Waals surface area contributed by atoms with Crippen molar-refractivity contribution in [3.05, 3.63) is 0 Å². The number of hydrogen-bond acceptors (Lipinski definition) is 3. The molecular formula is C9H18N2O2. The first kappa shape index (κ1) is 12.1. The maximum Gasteiger partial charge on any atom is 0.220 e. The minimum absolute atomic E-state index is 0.0397. The number of Topliss-reactive ketones (excluding diaryl/α,β-unsaturated/α-hetero) is 1. The summed E-state index contributed by atoms with van der Waals surface area (Å²) in [6.45, 7) is 2.08. The first-order valence-electron chi connectivity index (χ1n) is 4.57. The molecule has 0 aromatic carbocycles. The third kappa shape index (κ3) is 9.01. The van der Waals surface area contributed by atoms with E-state index in [-0.39, 0.29) is 11.7 Å². The fourth-order valence-electron chi connectivity index (χ4n) is 0.935. The number of ketones is 1. The average molecular weight is 186 g/mol. The Kier molecular flexibility index (Phi) is 7.20. The van der Waals surface area contributed by atoms with Crippen LogP contribution < -0.4 is 10.6 Å². The molecule has 4 heteroatoms. The molecule has 0 spiro atoms.